The Labute approximate surface area is 115 Å². The Morgan fingerprint density at radius 1 is 1.26 bits per heavy atom. The lowest BCUT2D eigenvalue weighted by Crippen LogP contribution is -2.29. The van der Waals surface area contributed by atoms with Gasteiger partial charge in [0.15, 0.2) is 0 Å². The van der Waals surface area contributed by atoms with E-state index in [4.69, 9.17) is 9.94 Å². The molecule has 104 valence electrons. The Balaban J connectivity index is 2.02. The van der Waals surface area contributed by atoms with Gasteiger partial charge in [-0.2, -0.15) is 0 Å². The smallest absolute Gasteiger partial charge is 0.119 e. The molecule has 0 saturated heterocycles. The Kier molecular flexibility index (Phi) is 4.83. The summed E-state index contributed by atoms with van der Waals surface area (Å²) >= 11 is 0. The molecule has 3 nitrogen and oxygen atoms in total. The van der Waals surface area contributed by atoms with Crippen LogP contribution >= 0.6 is 0 Å². The first-order valence-electron chi connectivity index (χ1n) is 7.20. The third-order valence-corrected chi connectivity index (χ3v) is 4.07. The van der Waals surface area contributed by atoms with Crippen LogP contribution in [0.25, 0.3) is 0 Å². The van der Waals surface area contributed by atoms with E-state index in [1.54, 1.807) is 6.92 Å². The lowest BCUT2D eigenvalue weighted by atomic mass is 9.85. The minimum atomic E-state index is 0.359. The van der Waals surface area contributed by atoms with Crippen LogP contribution in [0.5, 0.6) is 5.75 Å². The largest absolute Gasteiger partial charge is 0.490 e. The van der Waals surface area contributed by atoms with Crippen molar-refractivity contribution < 1.29 is 9.94 Å². The number of ether oxygens (including phenoxy) is 1. The molecule has 1 aromatic rings. The molecule has 2 rings (SSSR count). The average Bonchev–Trinajstić information content (AvgIpc) is 2.48. The monoisotopic (exact) mass is 261 g/mol. The summed E-state index contributed by atoms with van der Waals surface area (Å²) in [4.78, 5) is 0. The zero-order valence-electron chi connectivity index (χ0n) is 11.8. The van der Waals surface area contributed by atoms with Crippen LogP contribution < -0.4 is 4.74 Å². The molecule has 0 spiro atoms. The molecule has 1 N–H and O–H groups in total. The number of hydrogen-bond acceptors (Lipinski definition) is 3. The van der Waals surface area contributed by atoms with E-state index >= 15 is 0 Å². The van der Waals surface area contributed by atoms with Gasteiger partial charge in [0.1, 0.15) is 11.9 Å². The van der Waals surface area contributed by atoms with Crippen LogP contribution in [-0.4, -0.2) is 17.0 Å². The summed E-state index contributed by atoms with van der Waals surface area (Å²) in [6, 6.07) is 7.80. The van der Waals surface area contributed by atoms with Crippen molar-refractivity contribution in [2.75, 3.05) is 0 Å². The van der Waals surface area contributed by atoms with E-state index in [2.05, 4.69) is 12.1 Å². The van der Waals surface area contributed by atoms with E-state index in [0.29, 0.717) is 17.7 Å². The minimum Gasteiger partial charge on any atom is -0.490 e. The second kappa shape index (κ2) is 6.60. The highest BCUT2D eigenvalue weighted by molar-refractivity contribution is 5.98. The van der Waals surface area contributed by atoms with E-state index in [9.17, 15) is 0 Å². The predicted molar refractivity (Wildman–Crippen MR) is 77.1 cm³/mol. The molecule has 0 heterocycles. The lowest BCUT2D eigenvalue weighted by molar-refractivity contribution is 0.0904. The van der Waals surface area contributed by atoms with Crippen molar-refractivity contribution >= 4 is 5.71 Å². The van der Waals surface area contributed by atoms with Gasteiger partial charge in [-0.05, 0) is 68.4 Å². The van der Waals surface area contributed by atoms with Gasteiger partial charge in [-0.1, -0.05) is 18.5 Å². The van der Waals surface area contributed by atoms with Crippen LogP contribution in [0, 0.1) is 5.92 Å². The fourth-order valence-electron chi connectivity index (χ4n) is 2.80. The second-order valence-corrected chi connectivity index (χ2v) is 5.32. The number of hydrogen-bond donors (Lipinski definition) is 1. The van der Waals surface area contributed by atoms with Crippen LogP contribution in [-0.2, 0) is 0 Å². The topological polar surface area (TPSA) is 41.8 Å². The van der Waals surface area contributed by atoms with E-state index in [-0.39, 0.29) is 0 Å². The SMILES string of the molecule is CCC1CCCCC1Oc1ccc(/C(C)=N/O)cc1. The normalized spacial score (nSPS) is 24.2. The lowest BCUT2D eigenvalue weighted by Gasteiger charge is -2.31. The van der Waals surface area contributed by atoms with Crippen molar-refractivity contribution in [1.82, 2.24) is 0 Å². The first-order chi connectivity index (χ1) is 9.24. The average molecular weight is 261 g/mol. The predicted octanol–water partition coefficient (Wildman–Crippen LogP) is 4.23. The van der Waals surface area contributed by atoms with Crippen LogP contribution in [0.3, 0.4) is 0 Å². The van der Waals surface area contributed by atoms with Gasteiger partial charge in [0.25, 0.3) is 0 Å². The van der Waals surface area contributed by atoms with Gasteiger partial charge < -0.3 is 9.94 Å². The standard InChI is InChI=1S/C16H23NO2/c1-3-13-6-4-5-7-16(13)19-15-10-8-14(9-11-15)12(2)17-18/h8-11,13,16,18H,3-7H2,1-2H3/b17-12+. The molecule has 19 heavy (non-hydrogen) atoms. The molecule has 0 radical (unpaired) electrons. The number of rotatable bonds is 4. The van der Waals surface area contributed by atoms with Crippen molar-refractivity contribution in [3.05, 3.63) is 29.8 Å². The highest BCUT2D eigenvalue weighted by Crippen LogP contribution is 2.30. The zero-order valence-corrected chi connectivity index (χ0v) is 11.8. The maximum Gasteiger partial charge on any atom is 0.119 e. The van der Waals surface area contributed by atoms with Gasteiger partial charge >= 0.3 is 0 Å². The molecular formula is C16H23NO2. The second-order valence-electron chi connectivity index (χ2n) is 5.32. The first kappa shape index (κ1) is 13.9. The summed E-state index contributed by atoms with van der Waals surface area (Å²) in [5.74, 6) is 1.61. The summed E-state index contributed by atoms with van der Waals surface area (Å²) in [6.45, 7) is 4.03. The van der Waals surface area contributed by atoms with Crippen molar-refractivity contribution in [3.63, 3.8) is 0 Å². The van der Waals surface area contributed by atoms with Gasteiger partial charge in [0, 0.05) is 0 Å². The Hall–Kier alpha value is -1.51. The fourth-order valence-corrected chi connectivity index (χ4v) is 2.80. The Morgan fingerprint density at radius 3 is 2.58 bits per heavy atom. The van der Waals surface area contributed by atoms with Crippen molar-refractivity contribution in [2.45, 2.75) is 52.1 Å². The quantitative estimate of drug-likeness (QED) is 0.500. The summed E-state index contributed by atoms with van der Waals surface area (Å²) in [6.07, 6.45) is 6.61. The highest BCUT2D eigenvalue weighted by atomic mass is 16.5. The van der Waals surface area contributed by atoms with Gasteiger partial charge in [-0.25, -0.2) is 0 Å². The third-order valence-electron chi connectivity index (χ3n) is 4.07. The van der Waals surface area contributed by atoms with E-state index < -0.39 is 0 Å². The summed E-state index contributed by atoms with van der Waals surface area (Å²) in [5, 5.41) is 11.9. The molecule has 0 aliphatic heterocycles. The molecule has 1 aliphatic rings. The Morgan fingerprint density at radius 2 is 1.95 bits per heavy atom. The van der Waals surface area contributed by atoms with Crippen LogP contribution in [0.1, 0.15) is 51.5 Å². The summed E-state index contributed by atoms with van der Waals surface area (Å²) in [5.41, 5.74) is 1.54. The van der Waals surface area contributed by atoms with Crippen molar-refractivity contribution in [3.8, 4) is 5.75 Å². The molecule has 3 heteroatoms. The molecule has 0 bridgehead atoms. The van der Waals surface area contributed by atoms with Gasteiger partial charge in [0.05, 0.1) is 5.71 Å². The highest BCUT2D eigenvalue weighted by Gasteiger charge is 2.25. The molecule has 1 aromatic carbocycles. The van der Waals surface area contributed by atoms with Gasteiger partial charge in [0.2, 0.25) is 0 Å². The zero-order chi connectivity index (χ0) is 13.7. The van der Waals surface area contributed by atoms with Crippen LogP contribution in [0.4, 0.5) is 0 Å². The van der Waals surface area contributed by atoms with E-state index in [1.807, 2.05) is 24.3 Å². The molecule has 0 amide bonds. The van der Waals surface area contributed by atoms with Crippen molar-refractivity contribution in [1.29, 1.82) is 0 Å². The Bertz CT molecular complexity index is 425. The summed E-state index contributed by atoms with van der Waals surface area (Å²) in [7, 11) is 0. The molecule has 1 saturated carbocycles. The molecule has 1 fully saturated rings. The van der Waals surface area contributed by atoms with Crippen LogP contribution in [0.2, 0.25) is 0 Å². The fraction of sp³-hybridized carbons (Fsp3) is 0.562. The molecule has 2 unspecified atom stereocenters. The third kappa shape index (κ3) is 3.49. The number of benzene rings is 1. The van der Waals surface area contributed by atoms with E-state index in [1.165, 1.54) is 25.7 Å². The number of nitrogens with zero attached hydrogens (tertiary/aromatic N) is 1. The molecule has 2 atom stereocenters. The van der Waals surface area contributed by atoms with Crippen molar-refractivity contribution in [2.24, 2.45) is 11.1 Å². The van der Waals surface area contributed by atoms with Crippen LogP contribution in [0.15, 0.2) is 29.4 Å². The maximum absolute atomic E-state index is 8.74. The molecule has 0 aromatic heterocycles. The molecular weight excluding hydrogens is 238 g/mol. The van der Waals surface area contributed by atoms with Gasteiger partial charge in [-0.15, -0.1) is 0 Å². The summed E-state index contributed by atoms with van der Waals surface area (Å²) < 4.78 is 6.12. The van der Waals surface area contributed by atoms with Gasteiger partial charge in [-0.3, -0.25) is 0 Å². The molecule has 1 aliphatic carbocycles. The minimum absolute atomic E-state index is 0.359. The van der Waals surface area contributed by atoms with E-state index in [0.717, 1.165) is 17.7 Å². The number of oxime groups is 1. The first-order valence-corrected chi connectivity index (χ1v) is 7.20. The maximum atomic E-state index is 8.74.